The Balaban J connectivity index is 1.50. The summed E-state index contributed by atoms with van der Waals surface area (Å²) >= 11 is 15.0. The maximum Gasteiger partial charge on any atom is 0.293 e. The molecule has 168 valence electrons. The molecule has 1 heterocycles. The summed E-state index contributed by atoms with van der Waals surface area (Å²) in [4.78, 5) is 27.0. The molecule has 0 unspecified atom stereocenters. The lowest BCUT2D eigenvalue weighted by Gasteiger charge is -2.13. The fourth-order valence-corrected chi connectivity index (χ4v) is 6.55. The number of thioether (sulfide) groups is 1. The first-order valence-electron chi connectivity index (χ1n) is 9.67. The third-order valence-corrected chi connectivity index (χ3v) is 8.18. The van der Waals surface area contributed by atoms with Crippen molar-refractivity contribution in [3.05, 3.63) is 98.9 Å². The van der Waals surface area contributed by atoms with Gasteiger partial charge in [-0.3, -0.25) is 14.5 Å². The Labute approximate surface area is 236 Å². The summed E-state index contributed by atoms with van der Waals surface area (Å²) in [6.07, 6.45) is 1.76. The van der Waals surface area contributed by atoms with E-state index in [0.717, 1.165) is 45.8 Å². The van der Waals surface area contributed by atoms with Crippen LogP contribution in [0, 0.1) is 7.14 Å². The quantitative estimate of drug-likeness (QED) is 0.188. The van der Waals surface area contributed by atoms with E-state index in [-0.39, 0.29) is 17.7 Å². The minimum absolute atomic E-state index is 0.249. The van der Waals surface area contributed by atoms with Crippen molar-refractivity contribution < 1.29 is 14.3 Å². The van der Waals surface area contributed by atoms with Gasteiger partial charge < -0.3 is 4.74 Å². The van der Waals surface area contributed by atoms with Crippen molar-refractivity contribution in [2.45, 2.75) is 13.2 Å². The molecule has 9 heteroatoms. The van der Waals surface area contributed by atoms with Crippen LogP contribution in [-0.4, -0.2) is 16.0 Å². The lowest BCUT2D eigenvalue weighted by molar-refractivity contribution is -0.123. The van der Waals surface area contributed by atoms with E-state index in [0.29, 0.717) is 16.5 Å². The van der Waals surface area contributed by atoms with Gasteiger partial charge >= 0.3 is 0 Å². The number of hydrogen-bond acceptors (Lipinski definition) is 4. The number of amides is 2. The van der Waals surface area contributed by atoms with Crippen molar-refractivity contribution in [3.63, 3.8) is 0 Å². The molecule has 0 radical (unpaired) electrons. The average Bonchev–Trinajstić information content (AvgIpc) is 3.03. The molecule has 3 aromatic carbocycles. The number of hydrogen-bond donors (Lipinski definition) is 0. The van der Waals surface area contributed by atoms with E-state index in [1.165, 1.54) is 4.90 Å². The average molecular weight is 767 g/mol. The standard InChI is InChI=1S/C24H15BrClI2NO3S/c25-17-7-5-14(6-8-17)12-29-23(30)21(33-24(29)31)11-15-9-19(27)22(20(28)10-15)32-13-16-3-1-2-4-18(16)26/h1-11H,12-13H2/b21-11-. The summed E-state index contributed by atoms with van der Waals surface area (Å²) in [5.41, 5.74) is 2.64. The van der Waals surface area contributed by atoms with Gasteiger partial charge in [0.05, 0.1) is 18.6 Å². The molecule has 1 aliphatic rings. The van der Waals surface area contributed by atoms with Gasteiger partial charge in [-0.15, -0.1) is 0 Å². The number of rotatable bonds is 6. The highest BCUT2D eigenvalue weighted by atomic mass is 127. The monoisotopic (exact) mass is 765 g/mol. The van der Waals surface area contributed by atoms with Crippen molar-refractivity contribution in [2.75, 3.05) is 0 Å². The Morgan fingerprint density at radius 1 is 1.03 bits per heavy atom. The van der Waals surface area contributed by atoms with E-state index in [2.05, 4.69) is 61.1 Å². The molecule has 1 fully saturated rings. The van der Waals surface area contributed by atoms with Crippen molar-refractivity contribution in [1.82, 2.24) is 4.90 Å². The molecule has 1 aliphatic heterocycles. The normalized spacial score (nSPS) is 14.9. The van der Waals surface area contributed by atoms with Gasteiger partial charge in [-0.1, -0.05) is 57.9 Å². The highest BCUT2D eigenvalue weighted by Crippen LogP contribution is 2.36. The Kier molecular flexibility index (Phi) is 8.42. The molecule has 0 atom stereocenters. The molecule has 0 aliphatic carbocycles. The second kappa shape index (κ2) is 11.1. The topological polar surface area (TPSA) is 46.6 Å². The van der Waals surface area contributed by atoms with Crippen LogP contribution in [0.2, 0.25) is 5.02 Å². The second-order valence-corrected chi connectivity index (χ2v) is 11.7. The predicted molar refractivity (Wildman–Crippen MR) is 153 cm³/mol. The van der Waals surface area contributed by atoms with Gasteiger partial charge in [-0.25, -0.2) is 0 Å². The van der Waals surface area contributed by atoms with Crippen LogP contribution in [0.1, 0.15) is 16.7 Å². The highest BCUT2D eigenvalue weighted by molar-refractivity contribution is 14.1. The van der Waals surface area contributed by atoms with Gasteiger partial charge in [0.1, 0.15) is 12.4 Å². The molecule has 0 spiro atoms. The van der Waals surface area contributed by atoms with Gasteiger partial charge in [0, 0.05) is 15.1 Å². The van der Waals surface area contributed by atoms with Crippen molar-refractivity contribution in [1.29, 1.82) is 0 Å². The first-order valence-corrected chi connectivity index (χ1v) is 13.8. The zero-order valence-electron chi connectivity index (χ0n) is 16.9. The molecular weight excluding hydrogens is 751 g/mol. The van der Waals surface area contributed by atoms with Crippen LogP contribution in [0.25, 0.3) is 6.08 Å². The summed E-state index contributed by atoms with van der Waals surface area (Å²) < 4.78 is 8.80. The van der Waals surface area contributed by atoms with Gasteiger partial charge in [0.25, 0.3) is 11.1 Å². The maximum atomic E-state index is 12.9. The fourth-order valence-electron chi connectivity index (χ4n) is 3.13. The Hall–Kier alpha value is -1.08. The van der Waals surface area contributed by atoms with Crippen LogP contribution in [0.4, 0.5) is 4.79 Å². The largest absolute Gasteiger partial charge is 0.487 e. The van der Waals surface area contributed by atoms with Gasteiger partial charge in [-0.2, -0.15) is 0 Å². The minimum atomic E-state index is -0.281. The minimum Gasteiger partial charge on any atom is -0.487 e. The van der Waals surface area contributed by atoms with E-state index in [1.807, 2.05) is 60.7 Å². The van der Waals surface area contributed by atoms with E-state index in [1.54, 1.807) is 6.08 Å². The number of benzene rings is 3. The van der Waals surface area contributed by atoms with E-state index in [4.69, 9.17) is 16.3 Å². The van der Waals surface area contributed by atoms with Crippen LogP contribution in [0.3, 0.4) is 0 Å². The van der Waals surface area contributed by atoms with Crippen LogP contribution in [-0.2, 0) is 17.9 Å². The third kappa shape index (κ3) is 6.14. The summed E-state index contributed by atoms with van der Waals surface area (Å²) in [7, 11) is 0. The summed E-state index contributed by atoms with van der Waals surface area (Å²) in [6.45, 7) is 0.610. The number of nitrogens with zero attached hydrogens (tertiary/aromatic N) is 1. The predicted octanol–water partition coefficient (Wildman–Crippen LogP) is 8.13. The maximum absolute atomic E-state index is 12.9. The van der Waals surface area contributed by atoms with E-state index in [9.17, 15) is 9.59 Å². The van der Waals surface area contributed by atoms with Crippen LogP contribution in [0.5, 0.6) is 5.75 Å². The molecule has 0 aromatic heterocycles. The molecule has 0 N–H and O–H groups in total. The fraction of sp³-hybridized carbons (Fsp3) is 0.0833. The van der Waals surface area contributed by atoms with Gasteiger partial charge in [-0.05, 0) is 104 Å². The number of carbonyl (C=O) groups excluding carboxylic acids is 2. The molecule has 0 saturated carbocycles. The molecule has 4 rings (SSSR count). The zero-order valence-corrected chi connectivity index (χ0v) is 24.3. The first kappa shape index (κ1) is 25.0. The molecule has 3 aromatic rings. The van der Waals surface area contributed by atoms with Crippen LogP contribution < -0.4 is 4.74 Å². The zero-order chi connectivity index (χ0) is 23.5. The van der Waals surface area contributed by atoms with Crippen molar-refractivity contribution in [3.8, 4) is 5.75 Å². The van der Waals surface area contributed by atoms with E-state index >= 15 is 0 Å². The van der Waals surface area contributed by atoms with E-state index < -0.39 is 0 Å². The Morgan fingerprint density at radius 2 is 1.70 bits per heavy atom. The second-order valence-electron chi connectivity index (χ2n) is 7.09. The Bertz CT molecular complexity index is 1240. The molecular formula is C24H15BrClI2NO3S. The molecule has 1 saturated heterocycles. The van der Waals surface area contributed by atoms with Crippen LogP contribution >= 0.6 is 84.5 Å². The van der Waals surface area contributed by atoms with Gasteiger partial charge in [0.2, 0.25) is 0 Å². The SMILES string of the molecule is O=C1S/C(=C\c2cc(I)c(OCc3ccccc3Cl)c(I)c2)C(=O)N1Cc1ccc(Br)cc1. The lowest BCUT2D eigenvalue weighted by Crippen LogP contribution is -2.27. The van der Waals surface area contributed by atoms with Crippen LogP contribution in [0.15, 0.2) is 70.0 Å². The van der Waals surface area contributed by atoms with Crippen molar-refractivity contribution in [2.24, 2.45) is 0 Å². The number of imide groups is 1. The summed E-state index contributed by atoms with van der Waals surface area (Å²) in [5, 5.41) is 0.399. The molecule has 4 nitrogen and oxygen atoms in total. The molecule has 33 heavy (non-hydrogen) atoms. The summed E-state index contributed by atoms with van der Waals surface area (Å²) in [5.74, 6) is 0.480. The molecule has 2 amide bonds. The third-order valence-electron chi connectivity index (χ3n) is 4.78. The Morgan fingerprint density at radius 3 is 2.36 bits per heavy atom. The number of halogens is 4. The molecule has 0 bridgehead atoms. The number of ether oxygens (including phenoxy) is 1. The lowest BCUT2D eigenvalue weighted by atomic mass is 10.2. The number of carbonyl (C=O) groups is 2. The first-order chi connectivity index (χ1) is 15.8. The highest BCUT2D eigenvalue weighted by Gasteiger charge is 2.35. The summed E-state index contributed by atoms with van der Waals surface area (Å²) in [6, 6.07) is 19.0. The van der Waals surface area contributed by atoms with Crippen molar-refractivity contribution >= 4 is 102 Å². The van der Waals surface area contributed by atoms with Gasteiger partial charge in [0.15, 0.2) is 0 Å². The smallest absolute Gasteiger partial charge is 0.293 e.